The normalized spacial score (nSPS) is 22.5. The summed E-state index contributed by atoms with van der Waals surface area (Å²) in [4.78, 5) is 21.4. The lowest BCUT2D eigenvalue weighted by Gasteiger charge is -2.32. The lowest BCUT2D eigenvalue weighted by atomic mass is 10.2. The van der Waals surface area contributed by atoms with Crippen LogP contribution in [0.4, 0.5) is 17.3 Å². The van der Waals surface area contributed by atoms with E-state index >= 15 is 0 Å². The lowest BCUT2D eigenvalue weighted by molar-refractivity contribution is -0.383. The Morgan fingerprint density at radius 3 is 2.75 bits per heavy atom. The lowest BCUT2D eigenvalue weighted by Crippen LogP contribution is -2.47. The number of piperazine rings is 1. The Morgan fingerprint density at radius 2 is 2.08 bits per heavy atom. The third-order valence-electron chi connectivity index (χ3n) is 4.29. The molecular weight excluding hydrogens is 314 g/mol. The second kappa shape index (κ2) is 7.69. The maximum absolute atomic E-state index is 11.5. The molecule has 10 nitrogen and oxygen atoms in total. The summed E-state index contributed by atoms with van der Waals surface area (Å²) >= 11 is 0. The molecule has 2 saturated heterocycles. The number of hydrogen-bond donors (Lipinski definition) is 2. The molecule has 0 radical (unpaired) electrons. The van der Waals surface area contributed by atoms with Gasteiger partial charge in [-0.05, 0) is 19.9 Å². The average molecular weight is 337 g/mol. The van der Waals surface area contributed by atoms with Crippen molar-refractivity contribution in [1.29, 1.82) is 0 Å². The quantitative estimate of drug-likeness (QED) is 0.568. The number of hydrazine groups is 1. The molecule has 0 aliphatic carbocycles. The van der Waals surface area contributed by atoms with E-state index in [0.717, 1.165) is 45.6 Å². The summed E-state index contributed by atoms with van der Waals surface area (Å²) < 4.78 is 5.53. The summed E-state index contributed by atoms with van der Waals surface area (Å²) in [6.45, 7) is 4.60. The minimum absolute atomic E-state index is 0.0774. The highest BCUT2D eigenvalue weighted by atomic mass is 16.6. The molecule has 1 aromatic rings. The number of aromatic nitrogens is 2. The van der Waals surface area contributed by atoms with Crippen LogP contribution < -0.4 is 10.7 Å². The molecule has 1 atom stereocenters. The first-order valence-electron chi connectivity index (χ1n) is 8.18. The minimum Gasteiger partial charge on any atom is -0.376 e. The second-order valence-electron chi connectivity index (χ2n) is 6.09. The standard InChI is InChI=1S/C14H23N7O3/c1-19-4-6-20(7-5-19)18-14-12(21(22)23)13(16-10-17-14)15-9-11-3-2-8-24-11/h10-11H,2-9H2,1H3,(H2,15,16,17,18). The number of hydrogen-bond acceptors (Lipinski definition) is 9. The average Bonchev–Trinajstić information content (AvgIpc) is 3.08. The first-order valence-corrected chi connectivity index (χ1v) is 8.18. The molecule has 2 N–H and O–H groups in total. The molecule has 3 heterocycles. The van der Waals surface area contributed by atoms with Crippen LogP contribution in [0.3, 0.4) is 0 Å². The molecule has 10 heteroatoms. The van der Waals surface area contributed by atoms with Crippen molar-refractivity contribution < 1.29 is 9.66 Å². The number of nitrogens with zero attached hydrogens (tertiary/aromatic N) is 5. The molecule has 2 aliphatic heterocycles. The van der Waals surface area contributed by atoms with E-state index in [0.29, 0.717) is 6.54 Å². The zero-order valence-corrected chi connectivity index (χ0v) is 13.8. The van der Waals surface area contributed by atoms with E-state index in [2.05, 4.69) is 32.7 Å². The van der Waals surface area contributed by atoms with Gasteiger partial charge in [0.25, 0.3) is 0 Å². The van der Waals surface area contributed by atoms with Crippen molar-refractivity contribution in [2.24, 2.45) is 0 Å². The molecule has 132 valence electrons. The zero-order valence-electron chi connectivity index (χ0n) is 13.8. The molecule has 1 unspecified atom stereocenters. The van der Waals surface area contributed by atoms with Crippen molar-refractivity contribution in [3.63, 3.8) is 0 Å². The van der Waals surface area contributed by atoms with Gasteiger partial charge in [0.2, 0.25) is 11.6 Å². The van der Waals surface area contributed by atoms with Gasteiger partial charge in [0.1, 0.15) is 6.33 Å². The van der Waals surface area contributed by atoms with Crippen LogP contribution >= 0.6 is 0 Å². The Labute approximate surface area is 140 Å². The molecule has 0 bridgehead atoms. The molecule has 0 amide bonds. The van der Waals surface area contributed by atoms with Gasteiger partial charge in [-0.25, -0.2) is 15.0 Å². The summed E-state index contributed by atoms with van der Waals surface area (Å²) in [5.41, 5.74) is 2.93. The fourth-order valence-electron chi connectivity index (χ4n) is 2.85. The molecule has 0 spiro atoms. The third-order valence-corrected chi connectivity index (χ3v) is 4.29. The summed E-state index contributed by atoms with van der Waals surface area (Å²) in [6, 6.07) is 0. The van der Waals surface area contributed by atoms with Crippen molar-refractivity contribution in [2.45, 2.75) is 18.9 Å². The number of ether oxygens (including phenoxy) is 1. The Bertz CT molecular complexity index is 571. The van der Waals surface area contributed by atoms with Crippen LogP contribution in [0.15, 0.2) is 6.33 Å². The number of nitrogens with one attached hydrogen (secondary N) is 2. The second-order valence-corrected chi connectivity index (χ2v) is 6.09. The summed E-state index contributed by atoms with van der Waals surface area (Å²) in [5, 5.41) is 16.5. The summed E-state index contributed by atoms with van der Waals surface area (Å²) in [7, 11) is 2.05. The number of anilines is 2. The summed E-state index contributed by atoms with van der Waals surface area (Å²) in [6.07, 6.45) is 3.39. The highest BCUT2D eigenvalue weighted by Crippen LogP contribution is 2.29. The molecule has 3 rings (SSSR count). The van der Waals surface area contributed by atoms with Crippen LogP contribution in [0, 0.1) is 10.1 Å². The first-order chi connectivity index (χ1) is 11.6. The van der Waals surface area contributed by atoms with E-state index < -0.39 is 4.92 Å². The van der Waals surface area contributed by atoms with Gasteiger partial charge in [-0.3, -0.25) is 15.5 Å². The van der Waals surface area contributed by atoms with Gasteiger partial charge in [0.15, 0.2) is 0 Å². The van der Waals surface area contributed by atoms with Gasteiger partial charge in [-0.2, -0.15) is 0 Å². The number of rotatable bonds is 6. The molecule has 2 fully saturated rings. The highest BCUT2D eigenvalue weighted by molar-refractivity contribution is 5.68. The van der Waals surface area contributed by atoms with E-state index in [9.17, 15) is 10.1 Å². The molecule has 2 aliphatic rings. The van der Waals surface area contributed by atoms with Crippen LogP contribution in [-0.4, -0.2) is 77.3 Å². The smallest absolute Gasteiger partial charge is 0.354 e. The fourth-order valence-corrected chi connectivity index (χ4v) is 2.85. The van der Waals surface area contributed by atoms with Crippen LogP contribution in [-0.2, 0) is 4.74 Å². The molecule has 0 aromatic carbocycles. The van der Waals surface area contributed by atoms with Crippen LogP contribution in [0.25, 0.3) is 0 Å². The Morgan fingerprint density at radius 1 is 1.33 bits per heavy atom. The van der Waals surface area contributed by atoms with Crippen molar-refractivity contribution in [3.05, 3.63) is 16.4 Å². The van der Waals surface area contributed by atoms with Gasteiger partial charge in [0.05, 0.1) is 11.0 Å². The summed E-state index contributed by atoms with van der Waals surface area (Å²) in [5.74, 6) is 0.441. The Kier molecular flexibility index (Phi) is 5.38. The van der Waals surface area contributed by atoms with E-state index in [1.54, 1.807) is 0 Å². The van der Waals surface area contributed by atoms with Gasteiger partial charge < -0.3 is 15.0 Å². The van der Waals surface area contributed by atoms with Crippen LogP contribution in [0.5, 0.6) is 0 Å². The SMILES string of the molecule is CN1CCN(Nc2ncnc(NCC3CCCO3)c2[N+](=O)[O-])CC1. The molecular formula is C14H23N7O3. The van der Waals surface area contributed by atoms with E-state index in [1.165, 1.54) is 6.33 Å². The maximum Gasteiger partial charge on any atom is 0.354 e. The van der Waals surface area contributed by atoms with Crippen LogP contribution in [0.1, 0.15) is 12.8 Å². The van der Waals surface area contributed by atoms with Crippen molar-refractivity contribution in [1.82, 2.24) is 19.9 Å². The highest BCUT2D eigenvalue weighted by Gasteiger charge is 2.26. The van der Waals surface area contributed by atoms with E-state index in [-0.39, 0.29) is 23.4 Å². The number of nitro groups is 1. The van der Waals surface area contributed by atoms with Gasteiger partial charge in [0, 0.05) is 39.3 Å². The van der Waals surface area contributed by atoms with E-state index in [4.69, 9.17) is 4.74 Å². The largest absolute Gasteiger partial charge is 0.376 e. The first kappa shape index (κ1) is 16.8. The molecule has 0 saturated carbocycles. The van der Waals surface area contributed by atoms with Crippen molar-refractivity contribution in [3.8, 4) is 0 Å². The number of likely N-dealkylation sites (N-methyl/N-ethyl adjacent to an activating group) is 1. The predicted octanol–water partition coefficient (Wildman–Crippen LogP) is 0.550. The minimum atomic E-state index is -0.448. The van der Waals surface area contributed by atoms with Crippen molar-refractivity contribution >= 4 is 17.3 Å². The third kappa shape index (κ3) is 4.08. The molecule has 1 aromatic heterocycles. The molecule has 24 heavy (non-hydrogen) atoms. The van der Waals surface area contributed by atoms with Gasteiger partial charge in [-0.1, -0.05) is 0 Å². The Hall–Kier alpha value is -2.04. The fraction of sp³-hybridized carbons (Fsp3) is 0.714. The van der Waals surface area contributed by atoms with E-state index in [1.807, 2.05) is 5.01 Å². The Balaban J connectivity index is 1.70. The van der Waals surface area contributed by atoms with Gasteiger partial charge >= 0.3 is 5.69 Å². The predicted molar refractivity (Wildman–Crippen MR) is 88.8 cm³/mol. The van der Waals surface area contributed by atoms with Gasteiger partial charge in [-0.15, -0.1) is 0 Å². The zero-order chi connectivity index (χ0) is 16.9. The van der Waals surface area contributed by atoms with Crippen LogP contribution in [0.2, 0.25) is 0 Å². The van der Waals surface area contributed by atoms with Crippen molar-refractivity contribution in [2.75, 3.05) is 57.1 Å². The maximum atomic E-state index is 11.5. The topological polar surface area (TPSA) is 109 Å². The monoisotopic (exact) mass is 337 g/mol.